The average molecular weight is 553 g/mol. The normalized spacial score (nSPS) is 19.4. The number of amides is 1. The molecular formula is C23H23Cl2N5O3S2. The maximum Gasteiger partial charge on any atom is 0.263 e. The minimum atomic E-state index is -3.73. The highest BCUT2D eigenvalue weighted by Gasteiger charge is 2.38. The molecule has 2 saturated heterocycles. The Bertz CT molecular complexity index is 1310. The molecule has 1 atom stereocenters. The number of halogens is 2. The summed E-state index contributed by atoms with van der Waals surface area (Å²) in [6.45, 7) is 3.72. The number of aromatic nitrogens is 1. The van der Waals surface area contributed by atoms with Gasteiger partial charge in [0, 0.05) is 55.7 Å². The number of carbonyl (C=O) groups is 1. The van der Waals surface area contributed by atoms with Gasteiger partial charge in [-0.05, 0) is 48.9 Å². The van der Waals surface area contributed by atoms with E-state index in [0.29, 0.717) is 27.4 Å². The van der Waals surface area contributed by atoms with Crippen LogP contribution in [0, 0.1) is 0 Å². The molecule has 2 aliphatic heterocycles. The fourth-order valence-corrected chi connectivity index (χ4v) is 6.57. The third kappa shape index (κ3) is 5.12. The molecule has 0 bridgehead atoms. The van der Waals surface area contributed by atoms with E-state index < -0.39 is 10.0 Å². The number of hydrogen-bond donors (Lipinski definition) is 1. The van der Waals surface area contributed by atoms with Gasteiger partial charge in [-0.2, -0.15) is 0 Å². The molecule has 1 N–H and O–H groups in total. The summed E-state index contributed by atoms with van der Waals surface area (Å²) in [5, 5.41) is 3.08. The van der Waals surface area contributed by atoms with Gasteiger partial charge in [0.15, 0.2) is 5.13 Å². The number of benzene rings is 2. The monoisotopic (exact) mass is 551 g/mol. The van der Waals surface area contributed by atoms with Gasteiger partial charge in [0.1, 0.15) is 0 Å². The molecule has 5 rings (SSSR count). The first-order valence-electron chi connectivity index (χ1n) is 11.1. The highest BCUT2D eigenvalue weighted by molar-refractivity contribution is 7.93. The van der Waals surface area contributed by atoms with Crippen LogP contribution in [0.3, 0.4) is 0 Å². The highest BCUT2D eigenvalue weighted by Crippen LogP contribution is 2.30. The predicted molar refractivity (Wildman–Crippen MR) is 140 cm³/mol. The van der Waals surface area contributed by atoms with Crippen LogP contribution in [0.15, 0.2) is 58.9 Å². The van der Waals surface area contributed by atoms with Crippen molar-refractivity contribution in [3.63, 3.8) is 0 Å². The fourth-order valence-electron chi connectivity index (χ4n) is 4.49. The molecule has 2 aromatic carbocycles. The molecule has 0 radical (unpaired) electrons. The number of nitrogens with one attached hydrogen (secondary N) is 1. The molecule has 3 aromatic rings. The zero-order valence-corrected chi connectivity index (χ0v) is 21.7. The number of rotatable bonds is 6. The topological polar surface area (TPSA) is 85.9 Å². The molecule has 0 saturated carbocycles. The number of carbonyl (C=O) groups excluding carboxylic acids is 1. The molecule has 1 unspecified atom stereocenters. The summed E-state index contributed by atoms with van der Waals surface area (Å²) in [5.41, 5.74) is 1.72. The predicted octanol–water partition coefficient (Wildman–Crippen LogP) is 4.18. The molecule has 0 spiro atoms. The maximum atomic E-state index is 13.2. The first kappa shape index (κ1) is 24.3. The Hall–Kier alpha value is -2.37. The Morgan fingerprint density at radius 3 is 2.31 bits per heavy atom. The quantitative estimate of drug-likeness (QED) is 0.494. The van der Waals surface area contributed by atoms with E-state index >= 15 is 0 Å². The zero-order chi connectivity index (χ0) is 24.6. The number of anilines is 3. The third-order valence-electron chi connectivity index (χ3n) is 6.31. The van der Waals surface area contributed by atoms with E-state index in [4.69, 9.17) is 23.2 Å². The summed E-state index contributed by atoms with van der Waals surface area (Å²) in [7, 11) is -3.73. The van der Waals surface area contributed by atoms with Crippen LogP contribution in [-0.4, -0.2) is 63.0 Å². The van der Waals surface area contributed by atoms with E-state index in [1.165, 1.54) is 29.7 Å². The van der Waals surface area contributed by atoms with Gasteiger partial charge < -0.3 is 9.80 Å². The molecule has 1 aromatic heterocycles. The van der Waals surface area contributed by atoms with Gasteiger partial charge in [0.25, 0.3) is 10.0 Å². The Balaban J connectivity index is 1.21. The van der Waals surface area contributed by atoms with Crippen LogP contribution in [0.1, 0.15) is 6.42 Å². The number of piperazine rings is 1. The Morgan fingerprint density at radius 2 is 1.66 bits per heavy atom. The number of thiazole rings is 1. The van der Waals surface area contributed by atoms with E-state index in [9.17, 15) is 13.2 Å². The molecule has 1 amide bonds. The second kappa shape index (κ2) is 9.94. The molecule has 3 heterocycles. The van der Waals surface area contributed by atoms with Crippen molar-refractivity contribution in [2.45, 2.75) is 17.4 Å². The van der Waals surface area contributed by atoms with Crippen molar-refractivity contribution in [2.24, 2.45) is 0 Å². The van der Waals surface area contributed by atoms with E-state index in [1.807, 2.05) is 12.1 Å². The van der Waals surface area contributed by atoms with Crippen LogP contribution in [0.5, 0.6) is 0 Å². The minimum absolute atomic E-state index is 0.0458. The van der Waals surface area contributed by atoms with E-state index in [-0.39, 0.29) is 16.8 Å². The van der Waals surface area contributed by atoms with Crippen LogP contribution in [0.4, 0.5) is 16.5 Å². The lowest BCUT2D eigenvalue weighted by Crippen LogP contribution is -2.52. The van der Waals surface area contributed by atoms with Gasteiger partial charge in [0.2, 0.25) is 5.91 Å². The van der Waals surface area contributed by atoms with Crippen molar-refractivity contribution in [2.75, 3.05) is 47.2 Å². The number of nitrogens with zero attached hydrogens (tertiary/aromatic N) is 4. The van der Waals surface area contributed by atoms with E-state index in [0.717, 1.165) is 38.3 Å². The van der Waals surface area contributed by atoms with Gasteiger partial charge in [-0.25, -0.2) is 13.4 Å². The Morgan fingerprint density at radius 1 is 0.943 bits per heavy atom. The van der Waals surface area contributed by atoms with Gasteiger partial charge in [-0.1, -0.05) is 23.2 Å². The molecular weight excluding hydrogens is 529 g/mol. The summed E-state index contributed by atoms with van der Waals surface area (Å²) in [6.07, 6.45) is 2.27. The van der Waals surface area contributed by atoms with Gasteiger partial charge in [-0.3, -0.25) is 14.4 Å². The van der Waals surface area contributed by atoms with Crippen LogP contribution >= 0.6 is 34.5 Å². The summed E-state index contributed by atoms with van der Waals surface area (Å²) in [4.78, 5) is 23.5. The van der Waals surface area contributed by atoms with Crippen LogP contribution in [-0.2, 0) is 14.8 Å². The summed E-state index contributed by atoms with van der Waals surface area (Å²) in [6, 6.07) is 11.8. The second-order valence-electron chi connectivity index (χ2n) is 8.35. The minimum Gasteiger partial charge on any atom is -0.369 e. The van der Waals surface area contributed by atoms with Gasteiger partial charge in [0.05, 0.1) is 21.0 Å². The Labute approximate surface area is 218 Å². The van der Waals surface area contributed by atoms with Crippen LogP contribution < -0.4 is 14.5 Å². The highest BCUT2D eigenvalue weighted by atomic mass is 35.5. The Kier molecular flexibility index (Phi) is 6.91. The van der Waals surface area contributed by atoms with Crippen LogP contribution in [0.2, 0.25) is 10.0 Å². The number of hydrogen-bond acceptors (Lipinski definition) is 7. The van der Waals surface area contributed by atoms with Crippen molar-refractivity contribution >= 4 is 67.0 Å². The summed E-state index contributed by atoms with van der Waals surface area (Å²) in [5.74, 6) is 0.0458. The molecule has 8 nitrogen and oxygen atoms in total. The second-order valence-corrected chi connectivity index (χ2v) is 11.7. The largest absolute Gasteiger partial charge is 0.369 e. The molecule has 35 heavy (non-hydrogen) atoms. The van der Waals surface area contributed by atoms with E-state index in [1.54, 1.807) is 28.5 Å². The molecule has 2 aliphatic rings. The van der Waals surface area contributed by atoms with Gasteiger partial charge >= 0.3 is 0 Å². The first-order chi connectivity index (χ1) is 16.8. The third-order valence-corrected chi connectivity index (χ3v) is 9.22. The maximum absolute atomic E-state index is 13.2. The van der Waals surface area contributed by atoms with Crippen LogP contribution in [0.25, 0.3) is 0 Å². The smallest absolute Gasteiger partial charge is 0.263 e. The lowest BCUT2D eigenvalue weighted by molar-refractivity contribution is -0.121. The van der Waals surface area contributed by atoms with Crippen molar-refractivity contribution in [3.8, 4) is 0 Å². The molecule has 0 aliphatic carbocycles. The summed E-state index contributed by atoms with van der Waals surface area (Å²) >= 11 is 13.4. The molecule has 184 valence electrons. The summed E-state index contributed by atoms with van der Waals surface area (Å²) < 4.78 is 27.6. The number of sulfonamides is 1. The van der Waals surface area contributed by atoms with Crippen molar-refractivity contribution in [3.05, 3.63) is 64.1 Å². The molecule has 2 fully saturated rings. The lowest BCUT2D eigenvalue weighted by Gasteiger charge is -2.38. The van der Waals surface area contributed by atoms with Crippen molar-refractivity contribution < 1.29 is 13.2 Å². The lowest BCUT2D eigenvalue weighted by atomic mass is 10.1. The van der Waals surface area contributed by atoms with Crippen molar-refractivity contribution in [1.29, 1.82) is 0 Å². The molecule has 12 heteroatoms. The SMILES string of the molecule is O=C1C(N2CCN(c3ccc(Cl)c(Cl)c3)CC2)CCN1c1ccc(S(=O)(=O)Nc2nccs2)cc1. The van der Waals surface area contributed by atoms with Gasteiger partial charge in [-0.15, -0.1) is 11.3 Å². The fraction of sp³-hybridized carbons (Fsp3) is 0.304. The first-order valence-corrected chi connectivity index (χ1v) is 14.2. The standard InChI is InChI=1S/C23H23Cl2N5O3S2/c24-19-6-3-17(15-20(19)25)28-10-12-29(13-11-28)21-7-9-30(22(21)31)16-1-4-18(5-2-16)35(32,33)27-23-26-8-14-34-23/h1-6,8,14-15,21H,7,9-13H2,(H,26,27). The average Bonchev–Trinajstić information content (AvgIpc) is 3.50. The zero-order valence-electron chi connectivity index (χ0n) is 18.6. The van der Waals surface area contributed by atoms with E-state index in [2.05, 4.69) is 19.5 Å². The van der Waals surface area contributed by atoms with Crippen molar-refractivity contribution in [1.82, 2.24) is 9.88 Å².